The number of ether oxygens (including phenoxy) is 2. The number of hydrogen-bond donors (Lipinski definition) is 1. The third kappa shape index (κ3) is 4.99. The number of anilines is 1. The molecule has 1 amide bonds. The van der Waals surface area contributed by atoms with Crippen LogP contribution in [0.25, 0.3) is 0 Å². The molecule has 20 heavy (non-hydrogen) atoms. The monoisotopic (exact) mass is 280 g/mol. The first-order valence-electron chi connectivity index (χ1n) is 6.92. The van der Waals surface area contributed by atoms with Gasteiger partial charge in [-0.05, 0) is 26.0 Å². The van der Waals surface area contributed by atoms with E-state index in [2.05, 4.69) is 5.32 Å². The van der Waals surface area contributed by atoms with Crippen LogP contribution >= 0.6 is 0 Å². The van der Waals surface area contributed by atoms with Crippen molar-refractivity contribution >= 4 is 11.6 Å². The number of benzene rings is 1. The lowest BCUT2D eigenvalue weighted by Crippen LogP contribution is -2.23. The number of carbonyl (C=O) groups is 1. The highest BCUT2D eigenvalue weighted by Gasteiger charge is 2.07. The van der Waals surface area contributed by atoms with E-state index in [1.54, 1.807) is 19.0 Å². The van der Waals surface area contributed by atoms with Crippen molar-refractivity contribution in [3.05, 3.63) is 18.2 Å². The minimum absolute atomic E-state index is 0.105. The molecule has 0 spiro atoms. The van der Waals surface area contributed by atoms with Crippen LogP contribution in [0.4, 0.5) is 5.69 Å². The van der Waals surface area contributed by atoms with Gasteiger partial charge in [-0.3, -0.25) is 4.79 Å². The Morgan fingerprint density at radius 2 is 1.80 bits per heavy atom. The van der Waals surface area contributed by atoms with Crippen molar-refractivity contribution < 1.29 is 14.3 Å². The maximum atomic E-state index is 11.5. The highest BCUT2D eigenvalue weighted by molar-refractivity contribution is 5.76. The molecule has 0 aromatic heterocycles. The summed E-state index contributed by atoms with van der Waals surface area (Å²) < 4.78 is 11.1. The Bertz CT molecular complexity index is 433. The van der Waals surface area contributed by atoms with Crippen LogP contribution in [0.5, 0.6) is 11.5 Å². The zero-order valence-electron chi connectivity index (χ0n) is 12.7. The molecule has 0 fully saturated rings. The predicted octanol–water partition coefficient (Wildman–Crippen LogP) is 2.37. The second kappa shape index (κ2) is 8.30. The molecule has 1 N–H and O–H groups in total. The fraction of sp³-hybridized carbons (Fsp3) is 0.533. The SMILES string of the molecule is CCOc1ccc(NCCC(=O)N(C)C)cc1OCC. The average Bonchev–Trinajstić information content (AvgIpc) is 2.41. The molecule has 0 aliphatic heterocycles. The van der Waals surface area contributed by atoms with E-state index in [0.29, 0.717) is 26.2 Å². The smallest absolute Gasteiger partial charge is 0.223 e. The van der Waals surface area contributed by atoms with Crippen molar-refractivity contribution in [1.29, 1.82) is 0 Å². The first-order chi connectivity index (χ1) is 9.58. The van der Waals surface area contributed by atoms with Gasteiger partial charge in [0.25, 0.3) is 0 Å². The highest BCUT2D eigenvalue weighted by Crippen LogP contribution is 2.30. The quantitative estimate of drug-likeness (QED) is 0.794. The lowest BCUT2D eigenvalue weighted by molar-refractivity contribution is -0.128. The molecule has 0 atom stereocenters. The zero-order valence-corrected chi connectivity index (χ0v) is 12.7. The number of nitrogens with one attached hydrogen (secondary N) is 1. The lowest BCUT2D eigenvalue weighted by Gasteiger charge is -2.14. The van der Waals surface area contributed by atoms with E-state index in [1.807, 2.05) is 32.0 Å². The molecule has 0 heterocycles. The number of nitrogens with zero attached hydrogens (tertiary/aromatic N) is 1. The van der Waals surface area contributed by atoms with Crippen LogP contribution in [0.1, 0.15) is 20.3 Å². The van der Waals surface area contributed by atoms with E-state index in [4.69, 9.17) is 9.47 Å². The fourth-order valence-corrected chi connectivity index (χ4v) is 1.70. The van der Waals surface area contributed by atoms with Crippen molar-refractivity contribution in [2.45, 2.75) is 20.3 Å². The van der Waals surface area contributed by atoms with Crippen LogP contribution in [0, 0.1) is 0 Å². The van der Waals surface area contributed by atoms with Crippen molar-refractivity contribution in [3.8, 4) is 11.5 Å². The predicted molar refractivity (Wildman–Crippen MR) is 80.6 cm³/mol. The summed E-state index contributed by atoms with van der Waals surface area (Å²) in [5.41, 5.74) is 0.920. The van der Waals surface area contributed by atoms with Crippen molar-refractivity contribution in [1.82, 2.24) is 4.90 Å². The van der Waals surface area contributed by atoms with Gasteiger partial charge in [0.1, 0.15) is 0 Å². The Balaban J connectivity index is 2.62. The summed E-state index contributed by atoms with van der Waals surface area (Å²) in [4.78, 5) is 13.1. The van der Waals surface area contributed by atoms with Crippen LogP contribution in [0.3, 0.4) is 0 Å². The maximum Gasteiger partial charge on any atom is 0.223 e. The summed E-state index contributed by atoms with van der Waals surface area (Å²) in [6.07, 6.45) is 0.462. The van der Waals surface area contributed by atoms with Crippen molar-refractivity contribution in [2.75, 3.05) is 39.2 Å². The summed E-state index contributed by atoms with van der Waals surface area (Å²) in [5, 5.41) is 3.22. The minimum Gasteiger partial charge on any atom is -0.490 e. The molecule has 112 valence electrons. The third-order valence-electron chi connectivity index (χ3n) is 2.71. The molecule has 0 bridgehead atoms. The Morgan fingerprint density at radius 1 is 1.15 bits per heavy atom. The molecule has 0 unspecified atom stereocenters. The molecule has 0 saturated carbocycles. The molecule has 5 heteroatoms. The second-order valence-corrected chi connectivity index (χ2v) is 4.49. The molecular formula is C15H24N2O3. The van der Waals surface area contributed by atoms with E-state index in [0.717, 1.165) is 17.2 Å². The number of rotatable bonds is 8. The summed E-state index contributed by atoms with van der Waals surface area (Å²) in [6, 6.07) is 5.70. The Kier molecular flexibility index (Phi) is 6.70. The molecule has 1 aromatic carbocycles. The van der Waals surface area contributed by atoms with Gasteiger partial charge in [0.05, 0.1) is 13.2 Å². The molecule has 0 aliphatic rings. The van der Waals surface area contributed by atoms with Crippen molar-refractivity contribution in [3.63, 3.8) is 0 Å². The van der Waals surface area contributed by atoms with Gasteiger partial charge < -0.3 is 19.7 Å². The first kappa shape index (κ1) is 16.1. The highest BCUT2D eigenvalue weighted by atomic mass is 16.5. The first-order valence-corrected chi connectivity index (χ1v) is 6.92. The Morgan fingerprint density at radius 3 is 2.40 bits per heavy atom. The topological polar surface area (TPSA) is 50.8 Å². The van der Waals surface area contributed by atoms with Crippen LogP contribution in [-0.2, 0) is 4.79 Å². The number of hydrogen-bond acceptors (Lipinski definition) is 4. The van der Waals surface area contributed by atoms with Gasteiger partial charge in [0, 0.05) is 38.8 Å². The summed E-state index contributed by atoms with van der Waals surface area (Å²) >= 11 is 0. The van der Waals surface area contributed by atoms with Crippen molar-refractivity contribution in [2.24, 2.45) is 0 Å². The molecule has 1 aromatic rings. The van der Waals surface area contributed by atoms with Gasteiger partial charge in [-0.2, -0.15) is 0 Å². The fourth-order valence-electron chi connectivity index (χ4n) is 1.70. The summed E-state index contributed by atoms with van der Waals surface area (Å²) in [5.74, 6) is 1.57. The van der Waals surface area contributed by atoms with Gasteiger partial charge >= 0.3 is 0 Å². The normalized spacial score (nSPS) is 10.0. The van der Waals surface area contributed by atoms with E-state index in [1.165, 1.54) is 0 Å². The zero-order chi connectivity index (χ0) is 15.0. The summed E-state index contributed by atoms with van der Waals surface area (Å²) in [7, 11) is 3.51. The van der Waals surface area contributed by atoms with Gasteiger partial charge in [-0.1, -0.05) is 0 Å². The lowest BCUT2D eigenvalue weighted by atomic mass is 10.2. The molecular weight excluding hydrogens is 256 g/mol. The van der Waals surface area contributed by atoms with Gasteiger partial charge in [0.2, 0.25) is 5.91 Å². The second-order valence-electron chi connectivity index (χ2n) is 4.49. The van der Waals surface area contributed by atoms with E-state index < -0.39 is 0 Å². The Hall–Kier alpha value is -1.91. The van der Waals surface area contributed by atoms with Gasteiger partial charge in [0.15, 0.2) is 11.5 Å². The van der Waals surface area contributed by atoms with Gasteiger partial charge in [-0.25, -0.2) is 0 Å². The summed E-state index contributed by atoms with van der Waals surface area (Å²) in [6.45, 7) is 5.66. The molecule has 0 radical (unpaired) electrons. The molecule has 5 nitrogen and oxygen atoms in total. The number of amides is 1. The van der Waals surface area contributed by atoms with Crippen LogP contribution in [0.2, 0.25) is 0 Å². The van der Waals surface area contributed by atoms with E-state index >= 15 is 0 Å². The Labute approximate surface area is 120 Å². The molecule has 1 rings (SSSR count). The third-order valence-corrected chi connectivity index (χ3v) is 2.71. The van der Waals surface area contributed by atoms with E-state index in [9.17, 15) is 4.79 Å². The standard InChI is InChI=1S/C15H24N2O3/c1-5-19-13-8-7-12(11-14(13)20-6-2)16-10-9-15(18)17(3)4/h7-8,11,16H,5-6,9-10H2,1-4H3. The van der Waals surface area contributed by atoms with Gasteiger partial charge in [-0.15, -0.1) is 0 Å². The van der Waals surface area contributed by atoms with Crippen LogP contribution < -0.4 is 14.8 Å². The maximum absolute atomic E-state index is 11.5. The average molecular weight is 280 g/mol. The van der Waals surface area contributed by atoms with Crippen LogP contribution in [0.15, 0.2) is 18.2 Å². The minimum atomic E-state index is 0.105. The molecule has 0 saturated heterocycles. The van der Waals surface area contributed by atoms with Crippen LogP contribution in [-0.4, -0.2) is 44.7 Å². The molecule has 0 aliphatic carbocycles. The van der Waals surface area contributed by atoms with E-state index in [-0.39, 0.29) is 5.91 Å². The number of carbonyl (C=O) groups excluding carboxylic acids is 1. The largest absolute Gasteiger partial charge is 0.490 e.